The molecule has 0 saturated carbocycles. The standard InChI is InChI=1S/C12H10BrNO.C12H12N2O.C12H12N2.C5H3Br2N.CH4/c2*13-11-6-10(7-14-8-11)12(15)9-4-2-1-3-5-9;13-12-7-11(8-14-9-12)6-10-4-2-1-3-5-10;6-4-1-5(7)3-8-2-4;/h1-8,12,15H;1-8,12,15H,13H2;1-5,7-9H,6,13H2;1-3H;1H4. The first-order valence-corrected chi connectivity index (χ1v) is 18.3. The van der Waals surface area contributed by atoms with Crippen molar-refractivity contribution in [2.24, 2.45) is 0 Å². The zero-order valence-electron chi connectivity index (χ0n) is 27.9. The van der Waals surface area contributed by atoms with E-state index in [2.05, 4.69) is 79.9 Å². The number of nitrogens with two attached hydrogens (primary N) is 2. The van der Waals surface area contributed by atoms with E-state index in [4.69, 9.17) is 11.5 Å². The number of hydrogen-bond donors (Lipinski definition) is 4. The number of halogens is 3. The van der Waals surface area contributed by atoms with Gasteiger partial charge in [-0.05, 0) is 101 Å². The molecule has 4 heterocycles. The normalized spacial score (nSPS) is 11.0. The molecule has 3 aromatic carbocycles. The SMILES string of the molecule is Brc1cncc(Br)c1.C.Nc1cncc(C(O)c2ccccc2)c1.Nc1cncc(Cc2ccccc2)c1.OC(c1ccccc1)c1cncc(Br)c1. The van der Waals surface area contributed by atoms with Crippen LogP contribution in [0.4, 0.5) is 11.4 Å². The van der Waals surface area contributed by atoms with Crippen LogP contribution in [0.1, 0.15) is 53.0 Å². The van der Waals surface area contributed by atoms with Crippen molar-refractivity contribution in [2.75, 3.05) is 11.5 Å². The van der Waals surface area contributed by atoms with Crippen LogP contribution >= 0.6 is 47.8 Å². The predicted octanol–water partition coefficient (Wildman–Crippen LogP) is 10.2. The van der Waals surface area contributed by atoms with Gasteiger partial charge in [0.2, 0.25) is 0 Å². The van der Waals surface area contributed by atoms with Crippen molar-refractivity contribution >= 4 is 59.2 Å². The van der Waals surface area contributed by atoms with Gasteiger partial charge in [-0.3, -0.25) is 19.9 Å². The van der Waals surface area contributed by atoms with E-state index in [-0.39, 0.29) is 7.43 Å². The summed E-state index contributed by atoms with van der Waals surface area (Å²) in [4.78, 5) is 15.9. The van der Waals surface area contributed by atoms with E-state index in [1.165, 1.54) is 5.56 Å². The molecule has 0 saturated heterocycles. The van der Waals surface area contributed by atoms with E-state index in [9.17, 15) is 10.2 Å². The smallest absolute Gasteiger partial charge is 0.106 e. The highest BCUT2D eigenvalue weighted by atomic mass is 79.9. The van der Waals surface area contributed by atoms with E-state index < -0.39 is 12.2 Å². The number of aliphatic hydroxyl groups excluding tert-OH is 2. The Morgan fingerprint density at radius 1 is 0.434 bits per heavy atom. The Morgan fingerprint density at radius 3 is 1.26 bits per heavy atom. The molecular formula is C42H41Br3N6O2. The number of hydrogen-bond acceptors (Lipinski definition) is 8. The third-order valence-corrected chi connectivity index (χ3v) is 8.41. The summed E-state index contributed by atoms with van der Waals surface area (Å²) in [5, 5.41) is 20.1. The zero-order valence-corrected chi connectivity index (χ0v) is 32.7. The molecule has 272 valence electrons. The van der Waals surface area contributed by atoms with Crippen molar-refractivity contribution in [1.29, 1.82) is 0 Å². The van der Waals surface area contributed by atoms with Crippen LogP contribution in [-0.4, -0.2) is 30.1 Å². The van der Waals surface area contributed by atoms with Gasteiger partial charge in [0, 0.05) is 74.1 Å². The van der Waals surface area contributed by atoms with Gasteiger partial charge in [-0.15, -0.1) is 0 Å². The minimum Gasteiger partial charge on any atom is -0.397 e. The Labute approximate surface area is 336 Å². The Balaban J connectivity index is 0.000000193. The highest BCUT2D eigenvalue weighted by Gasteiger charge is 2.11. The number of nitrogen functional groups attached to an aromatic ring is 2. The molecule has 2 unspecified atom stereocenters. The Bertz CT molecular complexity index is 1970. The second-order valence-electron chi connectivity index (χ2n) is 11.2. The van der Waals surface area contributed by atoms with Crippen LogP contribution in [0.15, 0.2) is 178 Å². The number of rotatable bonds is 6. The lowest BCUT2D eigenvalue weighted by atomic mass is 10.0. The van der Waals surface area contributed by atoms with Crippen LogP contribution < -0.4 is 11.5 Å². The van der Waals surface area contributed by atoms with Gasteiger partial charge in [-0.2, -0.15) is 0 Å². The number of aliphatic hydroxyl groups is 2. The van der Waals surface area contributed by atoms with Crippen LogP contribution in [0.3, 0.4) is 0 Å². The lowest BCUT2D eigenvalue weighted by Gasteiger charge is -2.10. The average molecular weight is 902 g/mol. The van der Waals surface area contributed by atoms with E-state index in [0.29, 0.717) is 11.3 Å². The predicted molar refractivity (Wildman–Crippen MR) is 226 cm³/mol. The molecule has 0 bridgehead atoms. The number of anilines is 2. The second kappa shape index (κ2) is 23.0. The largest absolute Gasteiger partial charge is 0.397 e. The van der Waals surface area contributed by atoms with E-state index in [1.54, 1.807) is 49.4 Å². The fourth-order valence-corrected chi connectivity index (χ4v) is 6.10. The average Bonchev–Trinajstić information content (AvgIpc) is 3.16. The Hall–Kier alpha value is -4.78. The lowest BCUT2D eigenvalue weighted by molar-refractivity contribution is 0.219. The minimum atomic E-state index is -0.665. The number of benzene rings is 3. The molecule has 6 N–H and O–H groups in total. The van der Waals surface area contributed by atoms with Gasteiger partial charge < -0.3 is 21.7 Å². The van der Waals surface area contributed by atoms with Gasteiger partial charge in [0.25, 0.3) is 0 Å². The first-order chi connectivity index (χ1) is 25.2. The molecule has 0 aliphatic heterocycles. The number of aromatic nitrogens is 4. The summed E-state index contributed by atoms with van der Waals surface area (Å²) in [6, 6.07) is 36.7. The summed E-state index contributed by atoms with van der Waals surface area (Å²) < 4.78 is 2.86. The Kier molecular flexibility index (Phi) is 18.5. The molecule has 0 amide bonds. The third kappa shape index (κ3) is 15.4. The van der Waals surface area contributed by atoms with Crippen LogP contribution in [0.2, 0.25) is 0 Å². The maximum absolute atomic E-state index is 10.1. The number of nitrogens with zero attached hydrogens (tertiary/aromatic N) is 4. The highest BCUT2D eigenvalue weighted by molar-refractivity contribution is 9.11. The molecule has 7 rings (SSSR count). The summed E-state index contributed by atoms with van der Waals surface area (Å²) in [6.07, 6.45) is 13.1. The molecule has 0 aliphatic rings. The van der Waals surface area contributed by atoms with Gasteiger partial charge in [0.05, 0.1) is 11.4 Å². The molecule has 0 aliphatic carbocycles. The molecule has 0 radical (unpaired) electrons. The third-order valence-electron chi connectivity index (χ3n) is 7.11. The van der Waals surface area contributed by atoms with Gasteiger partial charge in [-0.1, -0.05) is 98.4 Å². The fourth-order valence-electron chi connectivity index (χ4n) is 4.68. The quantitative estimate of drug-likeness (QED) is 0.129. The lowest BCUT2D eigenvalue weighted by Crippen LogP contribution is -2.01. The molecule has 0 spiro atoms. The molecule has 4 aromatic heterocycles. The molecule has 11 heteroatoms. The van der Waals surface area contributed by atoms with Crippen molar-refractivity contribution in [2.45, 2.75) is 26.1 Å². The summed E-state index contributed by atoms with van der Waals surface area (Å²) in [5.74, 6) is 0. The monoisotopic (exact) mass is 898 g/mol. The molecular weight excluding hydrogens is 860 g/mol. The van der Waals surface area contributed by atoms with Crippen LogP contribution in [-0.2, 0) is 6.42 Å². The summed E-state index contributed by atoms with van der Waals surface area (Å²) in [7, 11) is 0. The summed E-state index contributed by atoms with van der Waals surface area (Å²) in [5.41, 5.74) is 18.2. The zero-order chi connectivity index (χ0) is 37.1. The fraction of sp³-hybridized carbons (Fsp3) is 0.0952. The van der Waals surface area contributed by atoms with Gasteiger partial charge in [-0.25, -0.2) is 0 Å². The maximum Gasteiger partial charge on any atom is 0.106 e. The van der Waals surface area contributed by atoms with Crippen molar-refractivity contribution in [1.82, 2.24) is 19.9 Å². The highest BCUT2D eigenvalue weighted by Crippen LogP contribution is 2.24. The maximum atomic E-state index is 10.1. The van der Waals surface area contributed by atoms with E-state index in [0.717, 1.165) is 47.8 Å². The Morgan fingerprint density at radius 2 is 0.830 bits per heavy atom. The minimum absolute atomic E-state index is 0. The van der Waals surface area contributed by atoms with Crippen molar-refractivity contribution in [3.63, 3.8) is 0 Å². The first-order valence-electron chi connectivity index (χ1n) is 15.9. The van der Waals surface area contributed by atoms with Gasteiger partial charge >= 0.3 is 0 Å². The molecule has 7 aromatic rings. The topological polar surface area (TPSA) is 144 Å². The van der Waals surface area contributed by atoms with Crippen molar-refractivity contribution in [3.05, 3.63) is 212 Å². The van der Waals surface area contributed by atoms with E-state index >= 15 is 0 Å². The summed E-state index contributed by atoms with van der Waals surface area (Å²) in [6.45, 7) is 0. The molecule has 53 heavy (non-hydrogen) atoms. The van der Waals surface area contributed by atoms with Gasteiger partial charge in [0.1, 0.15) is 12.2 Å². The molecule has 0 fully saturated rings. The molecule has 2 atom stereocenters. The van der Waals surface area contributed by atoms with Crippen LogP contribution in [0.5, 0.6) is 0 Å². The van der Waals surface area contributed by atoms with Crippen molar-refractivity contribution in [3.8, 4) is 0 Å². The molecule has 8 nitrogen and oxygen atoms in total. The van der Waals surface area contributed by atoms with E-state index in [1.807, 2.05) is 103 Å². The first kappa shape index (κ1) is 42.6. The van der Waals surface area contributed by atoms with Crippen molar-refractivity contribution < 1.29 is 10.2 Å². The van der Waals surface area contributed by atoms with Crippen LogP contribution in [0, 0.1) is 0 Å². The van der Waals surface area contributed by atoms with Gasteiger partial charge in [0.15, 0.2) is 0 Å². The number of pyridine rings is 4. The van der Waals surface area contributed by atoms with Crippen LogP contribution in [0.25, 0.3) is 0 Å². The summed E-state index contributed by atoms with van der Waals surface area (Å²) >= 11 is 9.87. The second-order valence-corrected chi connectivity index (χ2v) is 14.0.